The molecule has 0 unspecified atom stereocenters. The number of allylic oxidation sites excluding steroid dienone is 1. The average molecular weight is 784 g/mol. The largest absolute Gasteiger partial charge is 0.487 e. The number of aromatic nitrogens is 1. The van der Waals surface area contributed by atoms with Gasteiger partial charge in [-0.25, -0.2) is 9.79 Å². The number of hydrogen-bond donors (Lipinski definition) is 0. The van der Waals surface area contributed by atoms with Crippen LogP contribution in [-0.4, -0.2) is 17.6 Å². The lowest BCUT2D eigenvalue weighted by molar-refractivity contribution is -0.136. The van der Waals surface area contributed by atoms with Crippen LogP contribution < -0.4 is 19.6 Å². The molecular formula is C30H22BrCl2IN2O4S. The summed E-state index contributed by atoms with van der Waals surface area (Å²) < 4.78 is 15.1. The van der Waals surface area contributed by atoms with Crippen LogP contribution >= 0.6 is 73.1 Å². The summed E-state index contributed by atoms with van der Waals surface area (Å²) in [6, 6.07) is 18.0. The average Bonchev–Trinajstić information content (AvgIpc) is 3.27. The molecule has 0 fully saturated rings. The van der Waals surface area contributed by atoms with Gasteiger partial charge < -0.3 is 9.47 Å². The number of halogens is 4. The fourth-order valence-electron chi connectivity index (χ4n) is 4.58. The number of thiazole rings is 1. The zero-order chi connectivity index (χ0) is 29.3. The molecule has 1 aliphatic rings. The standard InChI is InChI=1S/C30H22BrCl2IN2O4S/c1-3-23-25(29(38)39-2)26(17-7-5-4-6-8-17)36-28(37)24(41-30(36)35-23)13-18-12-19(31)14-22(34)27(18)40-15-16-9-10-20(32)21(33)11-16/h4-14,26H,3,15H2,1-2H3/b24-13+/t26-/m1/s1. The van der Waals surface area contributed by atoms with E-state index < -0.39 is 12.0 Å². The van der Waals surface area contributed by atoms with E-state index in [0.717, 1.165) is 19.2 Å². The first kappa shape index (κ1) is 30.0. The third-order valence-corrected chi connectivity index (χ3v) is 9.44. The van der Waals surface area contributed by atoms with E-state index in [9.17, 15) is 9.59 Å². The molecule has 0 aliphatic carbocycles. The topological polar surface area (TPSA) is 69.9 Å². The number of benzene rings is 3. The number of carbonyl (C=O) groups is 1. The number of ether oxygens (including phenoxy) is 2. The quantitative estimate of drug-likeness (QED) is 0.149. The molecule has 6 nitrogen and oxygen atoms in total. The summed E-state index contributed by atoms with van der Waals surface area (Å²) >= 11 is 19.3. The van der Waals surface area contributed by atoms with Crippen LogP contribution in [0.3, 0.4) is 0 Å². The van der Waals surface area contributed by atoms with Crippen LogP contribution in [0.25, 0.3) is 6.08 Å². The van der Waals surface area contributed by atoms with Gasteiger partial charge in [0.15, 0.2) is 4.80 Å². The van der Waals surface area contributed by atoms with Crippen molar-refractivity contribution in [3.05, 3.63) is 126 Å². The summed E-state index contributed by atoms with van der Waals surface area (Å²) in [5.41, 5.74) is 3.07. The van der Waals surface area contributed by atoms with Gasteiger partial charge in [-0.2, -0.15) is 0 Å². The Morgan fingerprint density at radius 2 is 1.90 bits per heavy atom. The van der Waals surface area contributed by atoms with Crippen molar-refractivity contribution in [3.8, 4) is 5.75 Å². The molecule has 11 heteroatoms. The van der Waals surface area contributed by atoms with Crippen LogP contribution in [0.4, 0.5) is 0 Å². The molecule has 2 heterocycles. The van der Waals surface area contributed by atoms with E-state index in [1.54, 1.807) is 22.8 Å². The Kier molecular flexibility index (Phi) is 9.40. The fraction of sp³-hybridized carbons (Fsp3) is 0.167. The van der Waals surface area contributed by atoms with Crippen molar-refractivity contribution >= 4 is 85.1 Å². The van der Waals surface area contributed by atoms with E-state index in [-0.39, 0.29) is 12.2 Å². The van der Waals surface area contributed by atoms with Crippen molar-refractivity contribution in [1.29, 1.82) is 0 Å². The van der Waals surface area contributed by atoms with Gasteiger partial charge in [-0.15, -0.1) is 0 Å². The number of hydrogen-bond acceptors (Lipinski definition) is 6. The highest BCUT2D eigenvalue weighted by Gasteiger charge is 2.33. The lowest BCUT2D eigenvalue weighted by Gasteiger charge is -2.25. The van der Waals surface area contributed by atoms with Crippen LogP contribution in [0.2, 0.25) is 10.0 Å². The van der Waals surface area contributed by atoms with Crippen LogP contribution in [0.5, 0.6) is 5.75 Å². The van der Waals surface area contributed by atoms with Gasteiger partial charge in [0.2, 0.25) is 0 Å². The van der Waals surface area contributed by atoms with Crippen molar-refractivity contribution in [1.82, 2.24) is 4.57 Å². The molecule has 0 amide bonds. The molecule has 0 spiro atoms. The zero-order valence-corrected chi connectivity index (χ0v) is 27.9. The van der Waals surface area contributed by atoms with Crippen molar-refractivity contribution < 1.29 is 14.3 Å². The molecule has 0 bridgehead atoms. The molecule has 0 radical (unpaired) electrons. The van der Waals surface area contributed by atoms with Crippen molar-refractivity contribution in [2.75, 3.05) is 7.11 Å². The van der Waals surface area contributed by atoms with Crippen molar-refractivity contribution in [3.63, 3.8) is 0 Å². The molecule has 4 aromatic rings. The van der Waals surface area contributed by atoms with E-state index in [0.29, 0.717) is 48.4 Å². The Bertz CT molecular complexity index is 1870. The third kappa shape index (κ3) is 6.19. The number of esters is 1. The molecular weight excluding hydrogens is 762 g/mol. The summed E-state index contributed by atoms with van der Waals surface area (Å²) in [7, 11) is 1.34. The van der Waals surface area contributed by atoms with Gasteiger partial charge in [0.25, 0.3) is 5.56 Å². The maximum absolute atomic E-state index is 14.0. The SMILES string of the molecule is CCC1=C(C(=O)OC)[C@@H](c2ccccc2)n2c(s/c(=C/c3cc(Br)cc(I)c3OCc3ccc(Cl)c(Cl)c3)c2=O)=N1. The summed E-state index contributed by atoms with van der Waals surface area (Å²) in [5.74, 6) is 0.114. The first-order chi connectivity index (χ1) is 19.7. The second-order valence-electron chi connectivity index (χ2n) is 9.04. The molecule has 1 aromatic heterocycles. The number of fused-ring (bicyclic) bond motifs is 1. The molecule has 1 aliphatic heterocycles. The third-order valence-electron chi connectivity index (χ3n) is 6.46. The van der Waals surface area contributed by atoms with Crippen LogP contribution in [0, 0.1) is 3.57 Å². The number of carbonyl (C=O) groups excluding carboxylic acids is 1. The Hall–Kier alpha value is -2.44. The Balaban J connectivity index is 1.65. The van der Waals surface area contributed by atoms with Gasteiger partial charge in [0, 0.05) is 10.0 Å². The van der Waals surface area contributed by atoms with E-state index in [1.807, 2.05) is 55.5 Å². The number of nitrogens with zero attached hydrogens (tertiary/aromatic N) is 2. The maximum atomic E-state index is 14.0. The molecule has 0 saturated heterocycles. The number of methoxy groups -OCH3 is 1. The Morgan fingerprint density at radius 3 is 2.59 bits per heavy atom. The number of rotatable bonds is 7. The first-order valence-electron chi connectivity index (χ1n) is 12.5. The Morgan fingerprint density at radius 1 is 1.15 bits per heavy atom. The minimum atomic E-state index is -0.662. The molecule has 5 rings (SSSR count). The van der Waals surface area contributed by atoms with Crippen LogP contribution in [-0.2, 0) is 16.1 Å². The second kappa shape index (κ2) is 12.8. The molecule has 0 saturated carbocycles. The smallest absolute Gasteiger partial charge is 0.338 e. The normalized spacial score (nSPS) is 15.0. The van der Waals surface area contributed by atoms with E-state index in [2.05, 4.69) is 38.5 Å². The summed E-state index contributed by atoms with van der Waals surface area (Å²) in [4.78, 5) is 32.3. The lowest BCUT2D eigenvalue weighted by atomic mass is 9.95. The van der Waals surface area contributed by atoms with E-state index >= 15 is 0 Å². The molecule has 3 aromatic carbocycles. The Labute approximate surface area is 272 Å². The van der Waals surface area contributed by atoms with Gasteiger partial charge >= 0.3 is 5.97 Å². The van der Waals surface area contributed by atoms with Crippen molar-refractivity contribution in [2.45, 2.75) is 26.0 Å². The fourth-order valence-corrected chi connectivity index (χ4v) is 7.62. The van der Waals surface area contributed by atoms with E-state index in [1.165, 1.54) is 18.4 Å². The molecule has 0 N–H and O–H groups in total. The minimum absolute atomic E-state index is 0.257. The zero-order valence-electron chi connectivity index (χ0n) is 21.8. The maximum Gasteiger partial charge on any atom is 0.338 e. The predicted molar refractivity (Wildman–Crippen MR) is 174 cm³/mol. The second-order valence-corrected chi connectivity index (χ2v) is 12.9. The highest BCUT2D eigenvalue weighted by Crippen LogP contribution is 2.33. The van der Waals surface area contributed by atoms with Gasteiger partial charge in [-0.05, 0) is 70.5 Å². The van der Waals surface area contributed by atoms with Gasteiger partial charge in [-0.3, -0.25) is 9.36 Å². The van der Waals surface area contributed by atoms with Crippen LogP contribution in [0.15, 0.2) is 86.2 Å². The monoisotopic (exact) mass is 782 g/mol. The van der Waals surface area contributed by atoms with Crippen LogP contribution in [0.1, 0.15) is 36.1 Å². The highest BCUT2D eigenvalue weighted by molar-refractivity contribution is 14.1. The molecule has 210 valence electrons. The van der Waals surface area contributed by atoms with Gasteiger partial charge in [0.1, 0.15) is 12.4 Å². The van der Waals surface area contributed by atoms with Gasteiger partial charge in [0.05, 0.1) is 42.6 Å². The van der Waals surface area contributed by atoms with Crippen molar-refractivity contribution in [2.24, 2.45) is 4.99 Å². The summed E-state index contributed by atoms with van der Waals surface area (Å²) in [6.45, 7) is 2.19. The summed E-state index contributed by atoms with van der Waals surface area (Å²) in [5, 5.41) is 0.922. The lowest BCUT2D eigenvalue weighted by Crippen LogP contribution is -2.40. The minimum Gasteiger partial charge on any atom is -0.487 e. The first-order valence-corrected chi connectivity index (χ1v) is 15.9. The summed E-state index contributed by atoms with van der Waals surface area (Å²) in [6.07, 6.45) is 2.31. The molecule has 41 heavy (non-hydrogen) atoms. The molecule has 1 atom stereocenters. The van der Waals surface area contributed by atoms with E-state index in [4.69, 9.17) is 37.7 Å². The van der Waals surface area contributed by atoms with Gasteiger partial charge in [-0.1, -0.05) is 93.8 Å². The highest BCUT2D eigenvalue weighted by atomic mass is 127. The predicted octanol–water partition coefficient (Wildman–Crippen LogP) is 7.05.